The molecule has 0 aliphatic heterocycles. The number of fused-ring (bicyclic) bond motifs is 3. The van der Waals surface area contributed by atoms with Gasteiger partial charge in [0, 0.05) is 15.8 Å². The van der Waals surface area contributed by atoms with Crippen LogP contribution in [0.4, 0.5) is 0 Å². The molecule has 0 bridgehead atoms. The topological polar surface area (TPSA) is 0 Å². The van der Waals surface area contributed by atoms with E-state index in [0.717, 1.165) is 0 Å². The lowest BCUT2D eigenvalue weighted by Crippen LogP contribution is -2.15. The molecule has 0 heterocycles. The summed E-state index contributed by atoms with van der Waals surface area (Å²) < 4.78 is 1.19. The van der Waals surface area contributed by atoms with Crippen molar-refractivity contribution in [1.82, 2.24) is 0 Å². The zero-order valence-corrected chi connectivity index (χ0v) is 15.4. The maximum atomic E-state index is 3.61. The molecule has 0 radical (unpaired) electrons. The van der Waals surface area contributed by atoms with Crippen molar-refractivity contribution in [2.75, 3.05) is 0 Å². The second-order valence-electron chi connectivity index (χ2n) is 7.24. The van der Waals surface area contributed by atoms with Crippen LogP contribution in [-0.4, -0.2) is 0 Å². The molecule has 2 aromatic rings. The maximum absolute atomic E-state index is 3.61. The first-order valence-electron chi connectivity index (χ1n) is 8.29. The Morgan fingerprint density at radius 3 is 2.48 bits per heavy atom. The van der Waals surface area contributed by atoms with Crippen molar-refractivity contribution in [3.05, 3.63) is 81.9 Å². The summed E-state index contributed by atoms with van der Waals surface area (Å²) in [6.07, 6.45) is 6.85. The van der Waals surface area contributed by atoms with Gasteiger partial charge in [-0.3, -0.25) is 0 Å². The molecule has 0 saturated heterocycles. The van der Waals surface area contributed by atoms with Gasteiger partial charge in [-0.1, -0.05) is 97.4 Å². The fraction of sp³-hybridized carbons (Fsp3) is 0.273. The molecule has 0 amide bonds. The molecule has 2 aromatic carbocycles. The molecule has 0 fully saturated rings. The molecule has 4 rings (SSSR count). The van der Waals surface area contributed by atoms with Gasteiger partial charge in [0.2, 0.25) is 0 Å². The molecule has 2 aliphatic carbocycles. The summed E-state index contributed by atoms with van der Waals surface area (Å²) in [5.41, 5.74) is 7.33. The highest BCUT2D eigenvalue weighted by atomic mass is 79.9. The van der Waals surface area contributed by atoms with E-state index in [9.17, 15) is 0 Å². The number of halogens is 1. The molecule has 2 unspecified atom stereocenters. The lowest BCUT2D eigenvalue weighted by molar-refractivity contribution is 0.631. The number of hydrogen-bond donors (Lipinski definition) is 0. The Balaban J connectivity index is 1.95. The van der Waals surface area contributed by atoms with E-state index in [1.54, 1.807) is 0 Å². The highest BCUT2D eigenvalue weighted by molar-refractivity contribution is 9.11. The van der Waals surface area contributed by atoms with Crippen LogP contribution in [0, 0.1) is 5.92 Å². The third-order valence-electron chi connectivity index (χ3n) is 5.45. The second kappa shape index (κ2) is 5.21. The van der Waals surface area contributed by atoms with Crippen LogP contribution < -0.4 is 0 Å². The Labute approximate surface area is 147 Å². The van der Waals surface area contributed by atoms with Gasteiger partial charge in [-0.2, -0.15) is 0 Å². The molecule has 0 nitrogen and oxygen atoms in total. The predicted octanol–water partition coefficient (Wildman–Crippen LogP) is 6.56. The van der Waals surface area contributed by atoms with Crippen LogP contribution in [0.1, 0.15) is 43.4 Å². The van der Waals surface area contributed by atoms with Crippen LogP contribution in [-0.2, 0) is 5.41 Å². The number of allylic oxidation sites excluding steroid dienone is 4. The Kier molecular flexibility index (Phi) is 3.39. The van der Waals surface area contributed by atoms with Crippen LogP contribution in [0.25, 0.3) is 11.1 Å². The van der Waals surface area contributed by atoms with E-state index >= 15 is 0 Å². The lowest BCUT2D eigenvalue weighted by Gasteiger charge is -2.26. The summed E-state index contributed by atoms with van der Waals surface area (Å²) in [7, 11) is 0. The van der Waals surface area contributed by atoms with Crippen molar-refractivity contribution in [3.8, 4) is 11.1 Å². The first-order chi connectivity index (χ1) is 11.0. The predicted molar refractivity (Wildman–Crippen MR) is 102 cm³/mol. The van der Waals surface area contributed by atoms with Gasteiger partial charge in [0.15, 0.2) is 0 Å². The minimum Gasteiger partial charge on any atom is -0.0753 e. The van der Waals surface area contributed by atoms with Gasteiger partial charge >= 0.3 is 0 Å². The Bertz CT molecular complexity index is 839. The van der Waals surface area contributed by atoms with Crippen LogP contribution in [0.3, 0.4) is 0 Å². The molecule has 2 aliphatic rings. The Hall–Kier alpha value is -1.60. The van der Waals surface area contributed by atoms with E-state index in [0.29, 0.717) is 11.8 Å². The maximum Gasteiger partial charge on any atom is 0.0158 e. The summed E-state index contributed by atoms with van der Waals surface area (Å²) in [5, 5.41) is 0. The summed E-state index contributed by atoms with van der Waals surface area (Å²) in [5.74, 6) is 0.935. The van der Waals surface area contributed by atoms with E-state index in [2.05, 4.69) is 97.4 Å². The summed E-state index contributed by atoms with van der Waals surface area (Å²) in [6, 6.07) is 15.8. The highest BCUT2D eigenvalue weighted by Gasteiger charge is 2.37. The fourth-order valence-electron chi connectivity index (χ4n) is 4.23. The summed E-state index contributed by atoms with van der Waals surface area (Å²) in [4.78, 5) is 0. The van der Waals surface area contributed by atoms with Crippen molar-refractivity contribution in [2.45, 2.75) is 32.1 Å². The summed E-state index contributed by atoms with van der Waals surface area (Å²) >= 11 is 3.61. The third kappa shape index (κ3) is 2.17. The quantitative estimate of drug-likeness (QED) is 0.537. The van der Waals surface area contributed by atoms with Crippen molar-refractivity contribution < 1.29 is 0 Å². The van der Waals surface area contributed by atoms with E-state index in [-0.39, 0.29) is 5.41 Å². The SMILES string of the molecule is CC1C=C(Br)C=CC1c1cccc2c1-c1ccccc1C2(C)C. The van der Waals surface area contributed by atoms with Crippen LogP contribution in [0.15, 0.2) is 65.2 Å². The Morgan fingerprint density at radius 1 is 0.957 bits per heavy atom. The van der Waals surface area contributed by atoms with Gasteiger partial charge in [0.1, 0.15) is 0 Å². The zero-order valence-electron chi connectivity index (χ0n) is 13.8. The van der Waals surface area contributed by atoms with Gasteiger partial charge in [0.05, 0.1) is 0 Å². The first kappa shape index (κ1) is 15.0. The second-order valence-corrected chi connectivity index (χ2v) is 8.15. The smallest absolute Gasteiger partial charge is 0.0158 e. The van der Waals surface area contributed by atoms with Gasteiger partial charge in [-0.05, 0) is 33.7 Å². The molecule has 0 spiro atoms. The minimum absolute atomic E-state index is 0.0833. The number of hydrogen-bond acceptors (Lipinski definition) is 0. The molecule has 2 atom stereocenters. The average Bonchev–Trinajstić information content (AvgIpc) is 2.77. The normalized spacial score (nSPS) is 24.1. The molecule has 0 aromatic heterocycles. The molecular weight excluding hydrogens is 344 g/mol. The van der Waals surface area contributed by atoms with Crippen LogP contribution in [0.2, 0.25) is 0 Å². The number of benzene rings is 2. The molecule has 0 N–H and O–H groups in total. The van der Waals surface area contributed by atoms with Crippen molar-refractivity contribution >= 4 is 15.9 Å². The zero-order chi connectivity index (χ0) is 16.2. The fourth-order valence-corrected chi connectivity index (χ4v) is 4.80. The van der Waals surface area contributed by atoms with E-state index in [1.165, 1.54) is 32.3 Å². The lowest BCUT2D eigenvalue weighted by atomic mass is 9.78. The van der Waals surface area contributed by atoms with Crippen LogP contribution in [0.5, 0.6) is 0 Å². The van der Waals surface area contributed by atoms with Crippen LogP contribution >= 0.6 is 15.9 Å². The first-order valence-corrected chi connectivity index (χ1v) is 9.08. The number of rotatable bonds is 1. The monoisotopic (exact) mass is 364 g/mol. The minimum atomic E-state index is 0.0833. The van der Waals surface area contributed by atoms with E-state index in [4.69, 9.17) is 0 Å². The van der Waals surface area contributed by atoms with Gasteiger partial charge in [-0.25, -0.2) is 0 Å². The summed E-state index contributed by atoms with van der Waals surface area (Å²) in [6.45, 7) is 7.00. The molecule has 1 heteroatoms. The largest absolute Gasteiger partial charge is 0.0753 e. The van der Waals surface area contributed by atoms with Gasteiger partial charge in [-0.15, -0.1) is 0 Å². The standard InChI is InChI=1S/C22H21Br/c1-14-13-15(23)11-12-16(14)17-8-6-10-20-21(17)18-7-4-5-9-19(18)22(20,2)3/h4-14,16H,1-3H3. The van der Waals surface area contributed by atoms with Crippen molar-refractivity contribution in [3.63, 3.8) is 0 Å². The van der Waals surface area contributed by atoms with E-state index < -0.39 is 0 Å². The highest BCUT2D eigenvalue weighted by Crippen LogP contribution is 2.52. The van der Waals surface area contributed by atoms with E-state index in [1.807, 2.05) is 0 Å². The third-order valence-corrected chi connectivity index (χ3v) is 5.98. The van der Waals surface area contributed by atoms with Crippen molar-refractivity contribution in [1.29, 1.82) is 0 Å². The van der Waals surface area contributed by atoms with Gasteiger partial charge in [0.25, 0.3) is 0 Å². The van der Waals surface area contributed by atoms with Crippen molar-refractivity contribution in [2.24, 2.45) is 5.92 Å². The Morgan fingerprint density at radius 2 is 1.70 bits per heavy atom. The molecular formula is C22H21Br. The molecule has 23 heavy (non-hydrogen) atoms. The molecule has 0 saturated carbocycles. The average molecular weight is 365 g/mol. The molecule has 116 valence electrons. The van der Waals surface area contributed by atoms with Gasteiger partial charge < -0.3 is 0 Å².